The van der Waals surface area contributed by atoms with Gasteiger partial charge in [-0.3, -0.25) is 4.98 Å². The zero-order valence-corrected chi connectivity index (χ0v) is 13.2. The molecule has 0 unspecified atom stereocenters. The molecule has 0 spiro atoms. The summed E-state index contributed by atoms with van der Waals surface area (Å²) in [4.78, 5) is 4.75. The van der Waals surface area contributed by atoms with Crippen molar-refractivity contribution in [2.45, 2.75) is 18.8 Å². The second-order valence-corrected chi connectivity index (χ2v) is 5.81. The van der Waals surface area contributed by atoms with Crippen LogP contribution in [0.4, 0.5) is 0 Å². The highest BCUT2D eigenvalue weighted by molar-refractivity contribution is 9.10. The molecular weight excluding hydrogens is 338 g/mol. The van der Waals surface area contributed by atoms with E-state index in [0.717, 1.165) is 52.6 Å². The van der Waals surface area contributed by atoms with Crippen molar-refractivity contribution in [3.8, 4) is 6.07 Å². The summed E-state index contributed by atoms with van der Waals surface area (Å²) in [6.07, 6.45) is 2.11. The summed E-state index contributed by atoms with van der Waals surface area (Å²) in [6.45, 7) is 2.02. The Kier molecular flexibility index (Phi) is 4.98. The molecule has 1 saturated heterocycles. The van der Waals surface area contributed by atoms with E-state index in [-0.39, 0.29) is 13.8 Å². The average Bonchev–Trinajstić information content (AvgIpc) is 2.46. The molecule has 1 aromatic carbocycles. The van der Waals surface area contributed by atoms with Gasteiger partial charge in [-0.15, -0.1) is 0 Å². The van der Waals surface area contributed by atoms with Crippen LogP contribution < -0.4 is 17.7 Å². The van der Waals surface area contributed by atoms with Crippen LogP contribution in [0.5, 0.6) is 0 Å². The first-order valence-electron chi connectivity index (χ1n) is 6.49. The van der Waals surface area contributed by atoms with Crippen molar-refractivity contribution in [2.24, 2.45) is 0 Å². The van der Waals surface area contributed by atoms with E-state index in [0.29, 0.717) is 5.92 Å². The molecule has 0 radical (unpaired) electrons. The van der Waals surface area contributed by atoms with Gasteiger partial charge < -0.3 is 17.7 Å². The lowest BCUT2D eigenvalue weighted by Gasteiger charge is -2.23. The quantitative estimate of drug-likeness (QED) is 0.811. The van der Waals surface area contributed by atoms with Crippen molar-refractivity contribution >= 4 is 26.8 Å². The van der Waals surface area contributed by atoms with Crippen LogP contribution in [-0.4, -0.2) is 18.1 Å². The molecule has 0 aliphatic carbocycles. The molecule has 20 heavy (non-hydrogen) atoms. The predicted molar refractivity (Wildman–Crippen MR) is 80.1 cm³/mol. The smallest absolute Gasteiger partial charge is 1.00 e. The molecule has 0 atom stereocenters. The Bertz CT molecular complexity index is 666. The topological polar surface area (TPSA) is 48.7 Å². The van der Waals surface area contributed by atoms with Gasteiger partial charge in [0.15, 0.2) is 0 Å². The minimum absolute atomic E-state index is 0. The Morgan fingerprint density at radius 1 is 1.30 bits per heavy atom. The maximum atomic E-state index is 9.35. The first-order valence-corrected chi connectivity index (χ1v) is 7.28. The lowest BCUT2D eigenvalue weighted by atomic mass is 9.91. The van der Waals surface area contributed by atoms with E-state index in [2.05, 4.69) is 27.3 Å². The van der Waals surface area contributed by atoms with Crippen LogP contribution in [0.25, 0.3) is 10.9 Å². The molecule has 0 saturated carbocycles. The van der Waals surface area contributed by atoms with Gasteiger partial charge in [0.25, 0.3) is 0 Å². The number of benzene rings is 1. The van der Waals surface area contributed by atoms with Gasteiger partial charge in [0.2, 0.25) is 0 Å². The first kappa shape index (κ1) is 15.2. The van der Waals surface area contributed by atoms with Gasteiger partial charge in [-0.25, -0.2) is 0 Å². The SMILES string of the molecule is N#Cc1cc2ccc(Br)cc2nc1C1CCNCC1.[Cl-].[H+]. The van der Waals surface area contributed by atoms with Crippen LogP contribution in [0, 0.1) is 11.3 Å². The normalized spacial score (nSPS) is 15.6. The van der Waals surface area contributed by atoms with E-state index >= 15 is 0 Å². The van der Waals surface area contributed by atoms with Gasteiger partial charge in [0.1, 0.15) is 6.07 Å². The molecule has 1 aliphatic heterocycles. The third kappa shape index (κ3) is 2.95. The zero-order chi connectivity index (χ0) is 13.2. The third-order valence-electron chi connectivity index (χ3n) is 3.66. The van der Waals surface area contributed by atoms with Crippen LogP contribution in [0.15, 0.2) is 28.7 Å². The summed E-state index contributed by atoms with van der Waals surface area (Å²) < 4.78 is 1.02. The number of aromatic nitrogens is 1. The third-order valence-corrected chi connectivity index (χ3v) is 4.15. The van der Waals surface area contributed by atoms with Gasteiger partial charge >= 0.3 is 1.43 Å². The number of halogens is 2. The highest BCUT2D eigenvalue weighted by Gasteiger charge is 2.20. The molecule has 0 amide bonds. The lowest BCUT2D eigenvalue weighted by molar-refractivity contribution is -0.00000401. The van der Waals surface area contributed by atoms with Crippen LogP contribution in [-0.2, 0) is 0 Å². The van der Waals surface area contributed by atoms with Gasteiger partial charge in [-0.05, 0) is 44.1 Å². The Morgan fingerprint density at radius 2 is 2.05 bits per heavy atom. The van der Waals surface area contributed by atoms with Crippen molar-refractivity contribution in [1.29, 1.82) is 5.26 Å². The van der Waals surface area contributed by atoms with Gasteiger partial charge in [-0.2, -0.15) is 5.26 Å². The molecule has 0 bridgehead atoms. The lowest BCUT2D eigenvalue weighted by Crippen LogP contribution is -3.00. The van der Waals surface area contributed by atoms with Gasteiger partial charge in [0, 0.05) is 15.8 Å². The van der Waals surface area contributed by atoms with Gasteiger partial charge in [-0.1, -0.05) is 22.0 Å². The maximum absolute atomic E-state index is 9.35. The number of nitriles is 1. The molecule has 3 rings (SSSR count). The summed E-state index contributed by atoms with van der Waals surface area (Å²) >= 11 is 3.47. The van der Waals surface area contributed by atoms with Crippen LogP contribution in [0.3, 0.4) is 0 Å². The fourth-order valence-electron chi connectivity index (χ4n) is 2.65. The van der Waals surface area contributed by atoms with Crippen molar-refractivity contribution < 1.29 is 13.8 Å². The van der Waals surface area contributed by atoms with E-state index < -0.39 is 0 Å². The minimum atomic E-state index is 0. The Hall–Kier alpha value is -1.15. The van der Waals surface area contributed by atoms with Crippen LogP contribution >= 0.6 is 15.9 Å². The van der Waals surface area contributed by atoms with E-state index in [4.69, 9.17) is 4.98 Å². The summed E-state index contributed by atoms with van der Waals surface area (Å²) in [5.74, 6) is 0.402. The van der Waals surface area contributed by atoms with Crippen molar-refractivity contribution in [3.05, 3.63) is 40.0 Å². The number of hydrogen-bond acceptors (Lipinski definition) is 3. The molecule has 1 N–H and O–H groups in total. The highest BCUT2D eigenvalue weighted by Crippen LogP contribution is 2.29. The number of nitrogens with zero attached hydrogens (tertiary/aromatic N) is 2. The fraction of sp³-hybridized carbons (Fsp3) is 0.333. The predicted octanol–water partition coefficient (Wildman–Crippen LogP) is 0.452. The molecule has 104 valence electrons. The molecule has 1 fully saturated rings. The van der Waals surface area contributed by atoms with Crippen molar-refractivity contribution in [2.75, 3.05) is 13.1 Å². The van der Waals surface area contributed by atoms with E-state index in [1.807, 2.05) is 24.3 Å². The van der Waals surface area contributed by atoms with Crippen molar-refractivity contribution in [3.63, 3.8) is 0 Å². The molecule has 2 aromatic rings. The summed E-state index contributed by atoms with van der Waals surface area (Å²) in [7, 11) is 0. The molecule has 1 aliphatic rings. The summed E-state index contributed by atoms with van der Waals surface area (Å²) in [5.41, 5.74) is 2.65. The largest absolute Gasteiger partial charge is 1.00 e. The standard InChI is InChI=1S/C15H14BrN3.ClH/c16-13-2-1-11-7-12(9-17)15(19-14(11)8-13)10-3-5-18-6-4-10;/h1-2,7-8,10,18H,3-6H2;1H. The van der Waals surface area contributed by atoms with Crippen molar-refractivity contribution in [1.82, 2.24) is 10.3 Å². The number of rotatable bonds is 1. The second kappa shape index (κ2) is 6.53. The van der Waals surface area contributed by atoms with E-state index in [1.165, 1.54) is 0 Å². The summed E-state index contributed by atoms with van der Waals surface area (Å²) in [5, 5.41) is 13.7. The molecule has 3 nitrogen and oxygen atoms in total. The second-order valence-electron chi connectivity index (χ2n) is 4.89. The number of pyridine rings is 1. The van der Waals surface area contributed by atoms with Crippen LogP contribution in [0.2, 0.25) is 0 Å². The highest BCUT2D eigenvalue weighted by atomic mass is 79.9. The average molecular weight is 353 g/mol. The Balaban J connectivity index is 0.00000110. The number of fused-ring (bicyclic) bond motifs is 1. The fourth-order valence-corrected chi connectivity index (χ4v) is 3.00. The molecular formula is C15H15BrClN3. The Labute approximate surface area is 134 Å². The number of piperidine rings is 1. The molecule has 1 aromatic heterocycles. The monoisotopic (exact) mass is 351 g/mol. The molecule has 5 heteroatoms. The first-order chi connectivity index (χ1) is 9.28. The number of hydrogen-bond donors (Lipinski definition) is 1. The minimum Gasteiger partial charge on any atom is -1.00 e. The maximum Gasteiger partial charge on any atom is 1.00 e. The Morgan fingerprint density at radius 3 is 2.75 bits per heavy atom. The van der Waals surface area contributed by atoms with Gasteiger partial charge in [0.05, 0.1) is 16.8 Å². The van der Waals surface area contributed by atoms with E-state index in [9.17, 15) is 5.26 Å². The van der Waals surface area contributed by atoms with E-state index in [1.54, 1.807) is 0 Å². The number of nitrogens with one attached hydrogen (secondary N) is 1. The molecule has 2 heterocycles. The van der Waals surface area contributed by atoms with Crippen LogP contribution in [0.1, 0.15) is 31.4 Å². The summed E-state index contributed by atoms with van der Waals surface area (Å²) in [6, 6.07) is 10.3. The zero-order valence-electron chi connectivity index (χ0n) is 11.9.